The van der Waals surface area contributed by atoms with E-state index < -0.39 is 6.04 Å². The third-order valence-corrected chi connectivity index (χ3v) is 6.76. The van der Waals surface area contributed by atoms with E-state index in [-0.39, 0.29) is 30.8 Å². The summed E-state index contributed by atoms with van der Waals surface area (Å²) in [5, 5.41) is 4.23. The molecule has 1 N–H and O–H groups in total. The van der Waals surface area contributed by atoms with Gasteiger partial charge in [0.15, 0.2) is 0 Å². The Morgan fingerprint density at radius 1 is 1.06 bits per heavy atom. The molecule has 0 aromatic heterocycles. The lowest BCUT2D eigenvalue weighted by atomic mass is 9.95. The molecule has 0 aliphatic heterocycles. The molecule has 0 bridgehead atoms. The van der Waals surface area contributed by atoms with Crippen molar-refractivity contribution >= 4 is 35.0 Å². The fourth-order valence-corrected chi connectivity index (χ4v) is 4.75. The SMILES string of the molecule is CCC(C(=O)NC1CCCCC1)N(Cc1ccc(Cl)cc1Cl)C(=O)Cc1ccc(C)cc1. The summed E-state index contributed by atoms with van der Waals surface area (Å²) in [5.74, 6) is -0.174. The molecule has 172 valence electrons. The average Bonchev–Trinajstić information content (AvgIpc) is 2.77. The Balaban J connectivity index is 1.83. The molecule has 2 aromatic carbocycles. The molecule has 32 heavy (non-hydrogen) atoms. The van der Waals surface area contributed by atoms with Gasteiger partial charge in [0.1, 0.15) is 6.04 Å². The third-order valence-electron chi connectivity index (χ3n) is 6.17. The zero-order chi connectivity index (χ0) is 23.1. The summed E-state index contributed by atoms with van der Waals surface area (Å²) in [6.07, 6.45) is 6.27. The first-order valence-electron chi connectivity index (χ1n) is 11.5. The van der Waals surface area contributed by atoms with Gasteiger partial charge in [-0.05, 0) is 49.4 Å². The number of rotatable bonds is 8. The highest BCUT2D eigenvalue weighted by Crippen LogP contribution is 2.25. The van der Waals surface area contributed by atoms with Crippen molar-refractivity contribution in [3.8, 4) is 0 Å². The third kappa shape index (κ3) is 6.73. The Bertz CT molecular complexity index is 924. The molecule has 3 rings (SSSR count). The van der Waals surface area contributed by atoms with Gasteiger partial charge < -0.3 is 10.2 Å². The van der Waals surface area contributed by atoms with Crippen LogP contribution in [0.3, 0.4) is 0 Å². The van der Waals surface area contributed by atoms with Gasteiger partial charge in [0.25, 0.3) is 0 Å². The summed E-state index contributed by atoms with van der Waals surface area (Å²) in [6, 6.07) is 12.8. The van der Waals surface area contributed by atoms with E-state index in [1.807, 2.05) is 44.2 Å². The lowest BCUT2D eigenvalue weighted by molar-refractivity contribution is -0.141. The standard InChI is InChI=1S/C26H32Cl2N2O2/c1-3-24(26(32)29-22-7-5-4-6-8-22)30(17-20-13-14-21(27)16-23(20)28)25(31)15-19-11-9-18(2)10-12-19/h9-14,16,22,24H,3-8,15,17H2,1-2H3,(H,29,32). The summed E-state index contributed by atoms with van der Waals surface area (Å²) < 4.78 is 0. The fourth-order valence-electron chi connectivity index (χ4n) is 4.28. The average molecular weight is 475 g/mol. The van der Waals surface area contributed by atoms with Gasteiger partial charge in [0, 0.05) is 22.6 Å². The van der Waals surface area contributed by atoms with Crippen molar-refractivity contribution in [3.05, 3.63) is 69.2 Å². The van der Waals surface area contributed by atoms with Crippen LogP contribution in [0.25, 0.3) is 0 Å². The lowest BCUT2D eigenvalue weighted by Crippen LogP contribution is -2.52. The number of benzene rings is 2. The number of hydrogen-bond acceptors (Lipinski definition) is 2. The summed E-state index contributed by atoms with van der Waals surface area (Å²) in [4.78, 5) is 28.4. The number of nitrogens with zero attached hydrogens (tertiary/aromatic N) is 1. The van der Waals surface area contributed by atoms with Crippen LogP contribution in [-0.4, -0.2) is 28.8 Å². The van der Waals surface area contributed by atoms with Crippen LogP contribution in [0.4, 0.5) is 0 Å². The van der Waals surface area contributed by atoms with Gasteiger partial charge in [-0.25, -0.2) is 0 Å². The van der Waals surface area contributed by atoms with Crippen molar-refractivity contribution < 1.29 is 9.59 Å². The van der Waals surface area contributed by atoms with Crippen molar-refractivity contribution in [2.75, 3.05) is 0 Å². The van der Waals surface area contributed by atoms with Gasteiger partial charge in [-0.1, -0.05) is 85.3 Å². The molecule has 1 atom stereocenters. The van der Waals surface area contributed by atoms with Crippen molar-refractivity contribution in [2.24, 2.45) is 0 Å². The second-order valence-corrected chi connectivity index (χ2v) is 9.53. The van der Waals surface area contributed by atoms with Gasteiger partial charge >= 0.3 is 0 Å². The number of hydrogen-bond donors (Lipinski definition) is 1. The Labute approximate surface area is 201 Å². The second kappa shape index (κ2) is 11.7. The van der Waals surface area contributed by atoms with Crippen LogP contribution in [0.15, 0.2) is 42.5 Å². The molecule has 1 fully saturated rings. The first-order chi connectivity index (χ1) is 15.4. The van der Waals surface area contributed by atoms with Crippen LogP contribution in [0.1, 0.15) is 62.1 Å². The molecular formula is C26H32Cl2N2O2. The molecule has 0 saturated heterocycles. The Morgan fingerprint density at radius 2 is 1.75 bits per heavy atom. The first-order valence-corrected chi connectivity index (χ1v) is 12.2. The van der Waals surface area contributed by atoms with Crippen molar-refractivity contribution in [3.63, 3.8) is 0 Å². The van der Waals surface area contributed by atoms with E-state index in [1.54, 1.807) is 17.0 Å². The molecule has 4 nitrogen and oxygen atoms in total. The van der Waals surface area contributed by atoms with E-state index >= 15 is 0 Å². The molecule has 0 spiro atoms. The summed E-state index contributed by atoms with van der Waals surface area (Å²) in [6.45, 7) is 4.22. The predicted octanol–water partition coefficient (Wildman–Crippen LogP) is 6.10. The first kappa shape index (κ1) is 24.6. The van der Waals surface area contributed by atoms with E-state index in [9.17, 15) is 9.59 Å². The maximum absolute atomic E-state index is 13.5. The predicted molar refractivity (Wildman–Crippen MR) is 131 cm³/mol. The smallest absolute Gasteiger partial charge is 0.243 e. The topological polar surface area (TPSA) is 49.4 Å². The summed E-state index contributed by atoms with van der Waals surface area (Å²) >= 11 is 12.5. The van der Waals surface area contributed by atoms with Crippen LogP contribution < -0.4 is 5.32 Å². The van der Waals surface area contributed by atoms with Crippen molar-refractivity contribution in [1.29, 1.82) is 0 Å². The highest BCUT2D eigenvalue weighted by Gasteiger charge is 2.30. The minimum Gasteiger partial charge on any atom is -0.352 e. The summed E-state index contributed by atoms with van der Waals surface area (Å²) in [7, 11) is 0. The van der Waals surface area contributed by atoms with Crippen molar-refractivity contribution in [2.45, 2.75) is 77.4 Å². The van der Waals surface area contributed by atoms with Crippen molar-refractivity contribution in [1.82, 2.24) is 10.2 Å². The molecule has 1 saturated carbocycles. The quantitative estimate of drug-likeness (QED) is 0.502. The Hall–Kier alpha value is -2.04. The zero-order valence-corrected chi connectivity index (χ0v) is 20.4. The van der Waals surface area contributed by atoms with E-state index in [4.69, 9.17) is 23.2 Å². The van der Waals surface area contributed by atoms with E-state index in [0.717, 1.165) is 42.4 Å². The minimum atomic E-state index is -0.554. The van der Waals surface area contributed by atoms with E-state index in [0.29, 0.717) is 16.5 Å². The second-order valence-electron chi connectivity index (χ2n) is 8.69. The largest absolute Gasteiger partial charge is 0.352 e. The number of carbonyl (C=O) groups excluding carboxylic acids is 2. The van der Waals surface area contributed by atoms with Crippen LogP contribution in [-0.2, 0) is 22.6 Å². The van der Waals surface area contributed by atoms with Gasteiger partial charge in [-0.3, -0.25) is 9.59 Å². The molecule has 1 aliphatic carbocycles. The number of carbonyl (C=O) groups is 2. The van der Waals surface area contributed by atoms with Gasteiger partial charge in [-0.2, -0.15) is 0 Å². The highest BCUT2D eigenvalue weighted by atomic mass is 35.5. The Morgan fingerprint density at radius 3 is 2.38 bits per heavy atom. The molecular weight excluding hydrogens is 443 g/mol. The molecule has 2 amide bonds. The minimum absolute atomic E-state index is 0.0817. The number of halogens is 2. The van der Waals surface area contributed by atoms with Gasteiger partial charge in [0.2, 0.25) is 11.8 Å². The van der Waals surface area contributed by atoms with Gasteiger partial charge in [-0.15, -0.1) is 0 Å². The lowest BCUT2D eigenvalue weighted by Gasteiger charge is -2.33. The zero-order valence-electron chi connectivity index (χ0n) is 18.9. The monoisotopic (exact) mass is 474 g/mol. The highest BCUT2D eigenvalue weighted by molar-refractivity contribution is 6.35. The van der Waals surface area contributed by atoms with E-state index in [2.05, 4.69) is 5.32 Å². The van der Waals surface area contributed by atoms with Crippen LogP contribution in [0.5, 0.6) is 0 Å². The molecule has 2 aromatic rings. The molecule has 0 heterocycles. The number of aryl methyl sites for hydroxylation is 1. The van der Waals surface area contributed by atoms with Crippen LogP contribution >= 0.6 is 23.2 Å². The number of nitrogens with one attached hydrogen (secondary N) is 1. The fraction of sp³-hybridized carbons (Fsp3) is 0.462. The normalized spacial score (nSPS) is 15.2. The van der Waals surface area contributed by atoms with Crippen LogP contribution in [0, 0.1) is 6.92 Å². The summed E-state index contributed by atoms with van der Waals surface area (Å²) in [5.41, 5.74) is 2.84. The molecule has 1 unspecified atom stereocenters. The van der Waals surface area contributed by atoms with Crippen LogP contribution in [0.2, 0.25) is 10.0 Å². The Kier molecular flexibility index (Phi) is 9.01. The molecule has 1 aliphatic rings. The van der Waals surface area contributed by atoms with Gasteiger partial charge in [0.05, 0.1) is 6.42 Å². The molecule has 0 radical (unpaired) electrons. The molecule has 6 heteroatoms. The maximum Gasteiger partial charge on any atom is 0.243 e. The van der Waals surface area contributed by atoms with E-state index in [1.165, 1.54) is 6.42 Å². The maximum atomic E-state index is 13.5. The number of amides is 2.